The summed E-state index contributed by atoms with van der Waals surface area (Å²) in [6.07, 6.45) is 0. The molecule has 1 heterocycles. The first-order valence-corrected chi connectivity index (χ1v) is 8.30. The lowest BCUT2D eigenvalue weighted by Crippen LogP contribution is -2.08. The predicted molar refractivity (Wildman–Crippen MR) is 104 cm³/mol. The molecule has 0 bridgehead atoms. The first kappa shape index (κ1) is 18.2. The van der Waals surface area contributed by atoms with Crippen molar-refractivity contribution in [2.75, 3.05) is 24.9 Å². The molecule has 138 valence electrons. The smallest absolute Gasteiger partial charge is 0.339 e. The summed E-state index contributed by atoms with van der Waals surface area (Å²) in [5.41, 5.74) is 2.59. The number of para-hydroxylation sites is 1. The second-order valence-electron chi connectivity index (χ2n) is 5.74. The second kappa shape index (κ2) is 8.18. The van der Waals surface area contributed by atoms with Crippen molar-refractivity contribution >= 4 is 29.1 Å². The summed E-state index contributed by atoms with van der Waals surface area (Å²) in [4.78, 5) is 20.8. The number of aryl methyl sites for hydroxylation is 1. The summed E-state index contributed by atoms with van der Waals surface area (Å²) in [5, 5.41) is 6.32. The summed E-state index contributed by atoms with van der Waals surface area (Å²) in [7, 11) is 2.97. The van der Waals surface area contributed by atoms with Crippen LogP contribution in [0.25, 0.3) is 0 Å². The Morgan fingerprint density at radius 2 is 1.78 bits per heavy atom. The fourth-order valence-corrected chi connectivity index (χ4v) is 2.54. The monoisotopic (exact) mass is 364 g/mol. The molecule has 3 rings (SSSR count). The molecule has 0 radical (unpaired) electrons. The lowest BCUT2D eigenvalue weighted by atomic mass is 10.2. The maximum absolute atomic E-state index is 11.9. The van der Waals surface area contributed by atoms with Crippen molar-refractivity contribution in [2.24, 2.45) is 0 Å². The van der Waals surface area contributed by atoms with E-state index in [1.807, 2.05) is 43.3 Å². The van der Waals surface area contributed by atoms with Crippen molar-refractivity contribution in [3.05, 3.63) is 65.9 Å². The van der Waals surface area contributed by atoms with E-state index in [1.54, 1.807) is 25.3 Å². The van der Waals surface area contributed by atoms with Gasteiger partial charge in [0.2, 0.25) is 5.95 Å². The zero-order valence-corrected chi connectivity index (χ0v) is 15.3. The van der Waals surface area contributed by atoms with Crippen molar-refractivity contribution < 1.29 is 14.3 Å². The van der Waals surface area contributed by atoms with Crippen LogP contribution in [0.5, 0.6) is 5.75 Å². The van der Waals surface area contributed by atoms with Gasteiger partial charge in [0.25, 0.3) is 0 Å². The molecular weight excluding hydrogens is 344 g/mol. The van der Waals surface area contributed by atoms with Crippen molar-refractivity contribution in [2.45, 2.75) is 6.92 Å². The van der Waals surface area contributed by atoms with Crippen LogP contribution < -0.4 is 15.4 Å². The molecule has 7 heteroatoms. The quantitative estimate of drug-likeness (QED) is 0.638. The van der Waals surface area contributed by atoms with Crippen LogP contribution in [0.1, 0.15) is 16.1 Å². The highest BCUT2D eigenvalue weighted by atomic mass is 16.5. The van der Waals surface area contributed by atoms with Crippen LogP contribution in [0, 0.1) is 6.92 Å². The van der Waals surface area contributed by atoms with Crippen LogP contribution in [0.15, 0.2) is 54.6 Å². The molecule has 0 aliphatic rings. The third-order valence-corrected chi connectivity index (χ3v) is 3.78. The number of benzene rings is 2. The molecule has 2 aromatic carbocycles. The van der Waals surface area contributed by atoms with Crippen molar-refractivity contribution in [1.82, 2.24) is 9.97 Å². The average molecular weight is 364 g/mol. The van der Waals surface area contributed by atoms with E-state index in [0.29, 0.717) is 23.0 Å². The molecule has 0 spiro atoms. The Bertz CT molecular complexity index is 959. The number of carbonyl (C=O) groups is 1. The highest BCUT2D eigenvalue weighted by Gasteiger charge is 2.12. The van der Waals surface area contributed by atoms with Gasteiger partial charge in [0, 0.05) is 23.5 Å². The number of aromatic nitrogens is 2. The molecule has 0 atom stereocenters. The maximum atomic E-state index is 11.9. The average Bonchev–Trinajstić information content (AvgIpc) is 2.67. The van der Waals surface area contributed by atoms with Crippen molar-refractivity contribution in [1.29, 1.82) is 0 Å². The highest BCUT2D eigenvalue weighted by molar-refractivity contribution is 5.96. The molecule has 0 fully saturated rings. The minimum atomic E-state index is -0.430. The zero-order chi connectivity index (χ0) is 19.2. The largest absolute Gasteiger partial charge is 0.497 e. The fraction of sp³-hybridized carbons (Fsp3) is 0.150. The lowest BCUT2D eigenvalue weighted by Gasteiger charge is -2.12. The van der Waals surface area contributed by atoms with Crippen LogP contribution in [0.4, 0.5) is 23.1 Å². The molecule has 7 nitrogen and oxygen atoms in total. The van der Waals surface area contributed by atoms with Gasteiger partial charge in [0.1, 0.15) is 11.6 Å². The van der Waals surface area contributed by atoms with Gasteiger partial charge in [-0.15, -0.1) is 0 Å². The standard InChI is InChI=1S/C20H20N4O3/c1-13-11-18(22-14-7-6-8-15(12-14)26-2)24-20(21-13)23-17-10-5-4-9-16(17)19(25)27-3/h4-12H,1-3H3,(H2,21,22,23,24). The molecule has 1 aromatic heterocycles. The van der Waals surface area contributed by atoms with E-state index >= 15 is 0 Å². The molecule has 0 aliphatic heterocycles. The zero-order valence-electron chi connectivity index (χ0n) is 15.3. The fourth-order valence-electron chi connectivity index (χ4n) is 2.54. The molecule has 0 unspecified atom stereocenters. The van der Waals surface area contributed by atoms with Crippen LogP contribution in [0.3, 0.4) is 0 Å². The molecule has 3 aromatic rings. The summed E-state index contributed by atoms with van der Waals surface area (Å²) < 4.78 is 10.1. The number of methoxy groups -OCH3 is 2. The summed E-state index contributed by atoms with van der Waals surface area (Å²) in [6.45, 7) is 1.87. The number of hydrogen-bond donors (Lipinski definition) is 2. The van der Waals surface area contributed by atoms with Gasteiger partial charge in [0.05, 0.1) is 25.5 Å². The lowest BCUT2D eigenvalue weighted by molar-refractivity contribution is 0.0602. The van der Waals surface area contributed by atoms with E-state index in [2.05, 4.69) is 20.6 Å². The van der Waals surface area contributed by atoms with Gasteiger partial charge in [-0.25, -0.2) is 9.78 Å². The van der Waals surface area contributed by atoms with Gasteiger partial charge in [-0.3, -0.25) is 0 Å². The van der Waals surface area contributed by atoms with Gasteiger partial charge in [-0.05, 0) is 31.2 Å². The molecule has 0 aliphatic carbocycles. The third-order valence-electron chi connectivity index (χ3n) is 3.78. The van der Waals surface area contributed by atoms with E-state index in [4.69, 9.17) is 9.47 Å². The number of carbonyl (C=O) groups excluding carboxylic acids is 1. The number of ether oxygens (including phenoxy) is 2. The highest BCUT2D eigenvalue weighted by Crippen LogP contribution is 2.23. The molecule has 2 N–H and O–H groups in total. The Balaban J connectivity index is 1.87. The van der Waals surface area contributed by atoms with Gasteiger partial charge in [0.15, 0.2) is 0 Å². The van der Waals surface area contributed by atoms with Gasteiger partial charge >= 0.3 is 5.97 Å². The number of anilines is 4. The minimum Gasteiger partial charge on any atom is -0.497 e. The normalized spacial score (nSPS) is 10.2. The van der Waals surface area contributed by atoms with Crippen LogP contribution in [-0.2, 0) is 4.74 Å². The maximum Gasteiger partial charge on any atom is 0.339 e. The number of esters is 1. The first-order chi connectivity index (χ1) is 13.1. The third kappa shape index (κ3) is 4.52. The molecular formula is C20H20N4O3. The molecule has 0 saturated heterocycles. The Labute approximate surface area is 157 Å². The summed E-state index contributed by atoms with van der Waals surface area (Å²) in [5.74, 6) is 1.31. The van der Waals surface area contributed by atoms with E-state index < -0.39 is 5.97 Å². The second-order valence-corrected chi connectivity index (χ2v) is 5.74. The van der Waals surface area contributed by atoms with Gasteiger partial charge < -0.3 is 20.1 Å². The molecule has 27 heavy (non-hydrogen) atoms. The van der Waals surface area contributed by atoms with E-state index in [-0.39, 0.29) is 0 Å². The van der Waals surface area contributed by atoms with Crippen molar-refractivity contribution in [3.8, 4) is 5.75 Å². The number of nitrogens with zero attached hydrogens (tertiary/aromatic N) is 2. The number of rotatable bonds is 6. The Morgan fingerprint density at radius 1 is 0.963 bits per heavy atom. The van der Waals surface area contributed by atoms with Crippen LogP contribution >= 0.6 is 0 Å². The van der Waals surface area contributed by atoms with E-state index in [1.165, 1.54) is 7.11 Å². The Kier molecular flexibility index (Phi) is 5.51. The summed E-state index contributed by atoms with van der Waals surface area (Å²) >= 11 is 0. The topological polar surface area (TPSA) is 85.4 Å². The predicted octanol–water partition coefficient (Wildman–Crippen LogP) is 4.07. The number of nitrogens with one attached hydrogen (secondary N) is 2. The minimum absolute atomic E-state index is 0.372. The van der Waals surface area contributed by atoms with Crippen LogP contribution in [-0.4, -0.2) is 30.2 Å². The van der Waals surface area contributed by atoms with Crippen LogP contribution in [0.2, 0.25) is 0 Å². The summed E-state index contributed by atoms with van der Waals surface area (Å²) in [6, 6.07) is 16.4. The first-order valence-electron chi connectivity index (χ1n) is 8.30. The van der Waals surface area contributed by atoms with E-state index in [9.17, 15) is 4.79 Å². The molecule has 0 saturated carbocycles. The van der Waals surface area contributed by atoms with E-state index in [0.717, 1.165) is 17.1 Å². The molecule has 0 amide bonds. The van der Waals surface area contributed by atoms with Gasteiger partial charge in [-0.2, -0.15) is 4.98 Å². The Hall–Kier alpha value is -3.61. The van der Waals surface area contributed by atoms with Gasteiger partial charge in [-0.1, -0.05) is 18.2 Å². The SMILES string of the molecule is COC(=O)c1ccccc1Nc1nc(C)cc(Nc2cccc(OC)c2)n1. The van der Waals surface area contributed by atoms with Crippen molar-refractivity contribution in [3.63, 3.8) is 0 Å². The number of hydrogen-bond acceptors (Lipinski definition) is 7. The Morgan fingerprint density at radius 3 is 2.56 bits per heavy atom.